The van der Waals surface area contributed by atoms with Crippen molar-refractivity contribution in [2.45, 2.75) is 38.3 Å². The van der Waals surface area contributed by atoms with Gasteiger partial charge in [0.15, 0.2) is 0 Å². The van der Waals surface area contributed by atoms with Crippen LogP contribution in [0, 0.1) is 0 Å². The van der Waals surface area contributed by atoms with Gasteiger partial charge in [-0.05, 0) is 73.2 Å². The van der Waals surface area contributed by atoms with Crippen LogP contribution in [-0.4, -0.2) is 22.6 Å². The minimum Gasteiger partial charge on any atom is -0.497 e. The van der Waals surface area contributed by atoms with Crippen molar-refractivity contribution in [3.05, 3.63) is 99.1 Å². The van der Waals surface area contributed by atoms with Gasteiger partial charge in [0.05, 0.1) is 36.1 Å². The number of fused-ring (bicyclic) bond motifs is 5. The van der Waals surface area contributed by atoms with E-state index in [0.29, 0.717) is 17.3 Å². The van der Waals surface area contributed by atoms with Gasteiger partial charge in [0, 0.05) is 16.6 Å². The largest absolute Gasteiger partial charge is 0.497 e. The lowest BCUT2D eigenvalue weighted by Crippen LogP contribution is -2.38. The number of benzene rings is 2. The lowest BCUT2D eigenvalue weighted by molar-refractivity contribution is 0.194. The first-order valence-corrected chi connectivity index (χ1v) is 13.1. The monoisotopic (exact) mass is 503 g/mol. The Bertz CT molecular complexity index is 1390. The highest BCUT2D eigenvalue weighted by molar-refractivity contribution is 7.15. The molecule has 0 unspecified atom stereocenters. The molecule has 178 valence electrons. The summed E-state index contributed by atoms with van der Waals surface area (Å²) < 4.78 is 7.68. The van der Waals surface area contributed by atoms with Gasteiger partial charge in [0.25, 0.3) is 0 Å². The number of halogens is 1. The number of ether oxygens (including phenoxy) is 1. The first kappa shape index (κ1) is 22.3. The summed E-state index contributed by atoms with van der Waals surface area (Å²) in [5.74, 6) is 0.790. The van der Waals surface area contributed by atoms with Gasteiger partial charge in [-0.1, -0.05) is 35.9 Å². The first-order chi connectivity index (χ1) is 17.1. The standard InChI is InChI=1S/C28H26ClN3O2S/c1-34-19-14-12-18(13-15-19)26-24-10-6-16-31(24)27-21(20-7-2-5-11-25(20)35-27)17-32(26)28(33)30-23-9-4-3-8-22(23)29/h3-4,6,8-10,12-16,26H,2,5,7,11,17H2,1H3,(H,30,33)/t26-/m0/s1. The number of carbonyl (C=O) groups excluding carboxylic acids is 1. The van der Waals surface area contributed by atoms with E-state index >= 15 is 0 Å². The van der Waals surface area contributed by atoms with E-state index in [1.54, 1.807) is 13.2 Å². The van der Waals surface area contributed by atoms with Crippen LogP contribution in [0.25, 0.3) is 5.00 Å². The van der Waals surface area contributed by atoms with Crippen molar-refractivity contribution in [3.8, 4) is 10.8 Å². The molecule has 35 heavy (non-hydrogen) atoms. The van der Waals surface area contributed by atoms with Gasteiger partial charge >= 0.3 is 6.03 Å². The predicted molar refractivity (Wildman–Crippen MR) is 141 cm³/mol. The number of para-hydroxylation sites is 1. The molecule has 2 aromatic heterocycles. The van der Waals surface area contributed by atoms with Crippen LogP contribution in [0.2, 0.25) is 5.02 Å². The number of carbonyl (C=O) groups is 1. The number of thiophene rings is 1. The maximum atomic E-state index is 13.9. The second-order valence-corrected chi connectivity index (χ2v) is 10.5. The fourth-order valence-corrected chi connectivity index (χ4v) is 6.86. The number of aryl methyl sites for hydroxylation is 1. The molecular formula is C28H26ClN3O2S. The van der Waals surface area contributed by atoms with Crippen LogP contribution in [0.5, 0.6) is 5.75 Å². The molecule has 1 N–H and O–H groups in total. The summed E-state index contributed by atoms with van der Waals surface area (Å²) in [5, 5.41) is 4.84. The Hall–Kier alpha value is -3.22. The lowest BCUT2D eigenvalue weighted by Gasteiger charge is -2.31. The molecule has 0 bridgehead atoms. The van der Waals surface area contributed by atoms with Crippen molar-refractivity contribution >= 4 is 34.7 Å². The third-order valence-corrected chi connectivity index (χ3v) is 8.65. The maximum absolute atomic E-state index is 13.9. The normalized spacial score (nSPS) is 16.6. The molecule has 0 radical (unpaired) electrons. The van der Waals surface area contributed by atoms with Gasteiger partial charge in [0.1, 0.15) is 10.8 Å². The van der Waals surface area contributed by atoms with Gasteiger partial charge in [-0.15, -0.1) is 11.3 Å². The van der Waals surface area contributed by atoms with Gasteiger partial charge in [-0.25, -0.2) is 4.79 Å². The summed E-state index contributed by atoms with van der Waals surface area (Å²) in [6, 6.07) is 19.1. The molecule has 1 aliphatic carbocycles. The molecule has 1 atom stereocenters. The average molecular weight is 504 g/mol. The number of hydrogen-bond acceptors (Lipinski definition) is 3. The van der Waals surface area contributed by atoms with E-state index in [-0.39, 0.29) is 12.1 Å². The molecule has 0 fully saturated rings. The maximum Gasteiger partial charge on any atom is 0.323 e. The predicted octanol–water partition coefficient (Wildman–Crippen LogP) is 7.22. The summed E-state index contributed by atoms with van der Waals surface area (Å²) in [4.78, 5) is 17.4. The van der Waals surface area contributed by atoms with Gasteiger partial charge in [0.2, 0.25) is 0 Å². The highest BCUT2D eigenvalue weighted by Crippen LogP contribution is 2.44. The van der Waals surface area contributed by atoms with Gasteiger partial charge in [-0.3, -0.25) is 0 Å². The molecule has 2 aliphatic rings. The summed E-state index contributed by atoms with van der Waals surface area (Å²) in [6.07, 6.45) is 6.75. The summed E-state index contributed by atoms with van der Waals surface area (Å²) >= 11 is 8.28. The van der Waals surface area contributed by atoms with Crippen LogP contribution in [0.4, 0.5) is 10.5 Å². The summed E-state index contributed by atoms with van der Waals surface area (Å²) in [5.41, 5.74) is 5.42. The topological polar surface area (TPSA) is 46.5 Å². The number of anilines is 1. The third-order valence-electron chi connectivity index (χ3n) is 6.99. The molecule has 3 heterocycles. The zero-order chi connectivity index (χ0) is 23.9. The molecule has 5 nitrogen and oxygen atoms in total. The second-order valence-electron chi connectivity index (χ2n) is 9.01. The minimum atomic E-state index is -0.266. The minimum absolute atomic E-state index is 0.171. The summed E-state index contributed by atoms with van der Waals surface area (Å²) in [6.45, 7) is 0.538. The first-order valence-electron chi connectivity index (χ1n) is 11.9. The van der Waals surface area contributed by atoms with Gasteiger partial charge < -0.3 is 19.5 Å². The van der Waals surface area contributed by atoms with E-state index < -0.39 is 0 Å². The average Bonchev–Trinajstić information content (AvgIpc) is 3.47. The molecule has 7 heteroatoms. The number of rotatable bonds is 3. The van der Waals surface area contributed by atoms with E-state index in [1.807, 2.05) is 58.7 Å². The molecule has 1 aliphatic heterocycles. The van der Waals surface area contributed by atoms with Crippen molar-refractivity contribution < 1.29 is 9.53 Å². The molecule has 0 saturated heterocycles. The molecule has 4 aromatic rings. The highest BCUT2D eigenvalue weighted by atomic mass is 35.5. The van der Waals surface area contributed by atoms with Crippen LogP contribution >= 0.6 is 22.9 Å². The zero-order valence-corrected chi connectivity index (χ0v) is 21.0. The van der Waals surface area contributed by atoms with Crippen molar-refractivity contribution in [3.63, 3.8) is 0 Å². The van der Waals surface area contributed by atoms with Crippen molar-refractivity contribution in [2.75, 3.05) is 12.4 Å². The van der Waals surface area contributed by atoms with Gasteiger partial charge in [-0.2, -0.15) is 0 Å². The zero-order valence-electron chi connectivity index (χ0n) is 19.5. The highest BCUT2D eigenvalue weighted by Gasteiger charge is 2.36. The number of nitrogens with zero attached hydrogens (tertiary/aromatic N) is 2. The number of aromatic nitrogens is 1. The molecule has 2 amide bonds. The number of amides is 2. The van der Waals surface area contributed by atoms with Crippen LogP contribution in [0.3, 0.4) is 0 Å². The molecule has 6 rings (SSSR count). The Balaban J connectivity index is 1.50. The van der Waals surface area contributed by atoms with Crippen LogP contribution in [-0.2, 0) is 19.4 Å². The van der Waals surface area contributed by atoms with Crippen LogP contribution < -0.4 is 10.1 Å². The Kier molecular flexibility index (Phi) is 5.78. The molecule has 0 spiro atoms. The SMILES string of the molecule is COc1ccc([C@H]2c3cccn3-c3sc4c(c3CN2C(=O)Nc2ccccc2Cl)CCCC4)cc1. The Morgan fingerprint density at radius 2 is 1.83 bits per heavy atom. The van der Waals surface area contributed by atoms with E-state index in [2.05, 4.69) is 28.2 Å². The Morgan fingerprint density at radius 1 is 1.03 bits per heavy atom. The van der Waals surface area contributed by atoms with Crippen LogP contribution in [0.1, 0.15) is 46.1 Å². The Morgan fingerprint density at radius 3 is 2.63 bits per heavy atom. The van der Waals surface area contributed by atoms with Crippen LogP contribution in [0.15, 0.2) is 66.9 Å². The van der Waals surface area contributed by atoms with Crippen molar-refractivity contribution in [1.82, 2.24) is 9.47 Å². The van der Waals surface area contributed by atoms with E-state index in [9.17, 15) is 4.79 Å². The quantitative estimate of drug-likeness (QED) is 0.321. The smallest absolute Gasteiger partial charge is 0.323 e. The number of nitrogens with one attached hydrogen (secondary N) is 1. The van der Waals surface area contributed by atoms with Crippen molar-refractivity contribution in [2.24, 2.45) is 0 Å². The fourth-order valence-electron chi connectivity index (χ4n) is 5.27. The molecular weight excluding hydrogens is 478 g/mol. The summed E-state index contributed by atoms with van der Waals surface area (Å²) in [7, 11) is 1.66. The lowest BCUT2D eigenvalue weighted by atomic mass is 9.95. The third kappa shape index (κ3) is 3.91. The van der Waals surface area contributed by atoms with E-state index in [1.165, 1.54) is 33.8 Å². The molecule has 0 saturated carbocycles. The molecule has 2 aromatic carbocycles. The number of urea groups is 1. The van der Waals surface area contributed by atoms with E-state index in [0.717, 1.165) is 29.8 Å². The van der Waals surface area contributed by atoms with Crippen molar-refractivity contribution in [1.29, 1.82) is 0 Å². The Labute approximate surface area is 213 Å². The number of methoxy groups -OCH3 is 1. The fraction of sp³-hybridized carbons (Fsp3) is 0.250. The van der Waals surface area contributed by atoms with E-state index in [4.69, 9.17) is 16.3 Å². The second kappa shape index (κ2) is 9.10. The number of hydrogen-bond donors (Lipinski definition) is 1.